The molecule has 3 N–H and O–H groups in total. The first-order chi connectivity index (χ1) is 12.4. The van der Waals surface area contributed by atoms with Crippen LogP contribution in [0.2, 0.25) is 0 Å². The number of aromatic nitrogens is 2. The van der Waals surface area contributed by atoms with E-state index in [1.54, 1.807) is 17.8 Å². The molecule has 2 rings (SSSR count). The summed E-state index contributed by atoms with van der Waals surface area (Å²) in [5.74, 6) is 0.711. The van der Waals surface area contributed by atoms with Gasteiger partial charge in [0.2, 0.25) is 0 Å². The second-order valence-electron chi connectivity index (χ2n) is 6.96. The lowest BCUT2D eigenvalue weighted by Gasteiger charge is -2.24. The predicted molar refractivity (Wildman–Crippen MR) is 106 cm³/mol. The first kappa shape index (κ1) is 20.0. The van der Waals surface area contributed by atoms with Crippen molar-refractivity contribution in [1.82, 2.24) is 20.4 Å². The van der Waals surface area contributed by atoms with E-state index >= 15 is 0 Å². The average Bonchev–Trinajstić information content (AvgIpc) is 3.06. The number of aliphatic imine (C=N–C) groups is 1. The van der Waals surface area contributed by atoms with Gasteiger partial charge in [-0.1, -0.05) is 43.2 Å². The molecule has 26 heavy (non-hydrogen) atoms. The van der Waals surface area contributed by atoms with Gasteiger partial charge in [-0.3, -0.25) is 4.68 Å². The molecule has 6 nitrogen and oxygen atoms in total. The summed E-state index contributed by atoms with van der Waals surface area (Å²) in [7, 11) is 1.84. The molecule has 1 heterocycles. The lowest BCUT2D eigenvalue weighted by molar-refractivity contribution is 0.0616. The van der Waals surface area contributed by atoms with Crippen LogP contribution in [0.15, 0.2) is 41.7 Å². The monoisotopic (exact) mass is 357 g/mol. The summed E-state index contributed by atoms with van der Waals surface area (Å²) < 4.78 is 1.69. The second kappa shape index (κ2) is 9.38. The third-order valence-electron chi connectivity index (χ3n) is 4.29. The van der Waals surface area contributed by atoms with Crippen LogP contribution in [0.3, 0.4) is 0 Å². The first-order valence-electron chi connectivity index (χ1n) is 9.20. The fraction of sp³-hybridized carbons (Fsp3) is 0.500. The Bertz CT molecular complexity index is 703. The van der Waals surface area contributed by atoms with E-state index < -0.39 is 5.60 Å². The van der Waals surface area contributed by atoms with E-state index in [9.17, 15) is 5.11 Å². The van der Waals surface area contributed by atoms with Crippen LogP contribution in [0.4, 0.5) is 0 Å². The molecule has 0 saturated carbocycles. The van der Waals surface area contributed by atoms with Gasteiger partial charge < -0.3 is 15.7 Å². The topological polar surface area (TPSA) is 74.5 Å². The van der Waals surface area contributed by atoms with Gasteiger partial charge in [0.25, 0.3) is 0 Å². The number of nitrogens with one attached hydrogen (secondary N) is 2. The summed E-state index contributed by atoms with van der Waals surface area (Å²) >= 11 is 0. The maximum atomic E-state index is 10.7. The molecule has 0 fully saturated rings. The summed E-state index contributed by atoms with van der Waals surface area (Å²) in [5.41, 5.74) is 2.15. The molecule has 1 unspecified atom stereocenters. The number of hydrogen-bond acceptors (Lipinski definition) is 3. The van der Waals surface area contributed by atoms with Crippen molar-refractivity contribution < 1.29 is 5.11 Å². The summed E-state index contributed by atoms with van der Waals surface area (Å²) in [6, 6.07) is 8.37. The molecule has 0 spiro atoms. The number of guanidine groups is 1. The Morgan fingerprint density at radius 3 is 2.62 bits per heavy atom. The maximum Gasteiger partial charge on any atom is 0.191 e. The van der Waals surface area contributed by atoms with Crippen molar-refractivity contribution >= 4 is 5.96 Å². The molecule has 0 aliphatic rings. The number of aryl methyl sites for hydroxylation is 2. The Morgan fingerprint density at radius 1 is 1.27 bits per heavy atom. The highest BCUT2D eigenvalue weighted by atomic mass is 16.3. The van der Waals surface area contributed by atoms with Gasteiger partial charge in [0.1, 0.15) is 5.60 Å². The normalized spacial score (nSPS) is 14.1. The lowest BCUT2D eigenvalue weighted by Crippen LogP contribution is -2.44. The zero-order chi connectivity index (χ0) is 19.0. The maximum absolute atomic E-state index is 10.7. The average molecular weight is 358 g/mol. The Hall–Kier alpha value is -2.34. The Balaban J connectivity index is 2.01. The highest BCUT2D eigenvalue weighted by Crippen LogP contribution is 2.18. The third-order valence-corrected chi connectivity index (χ3v) is 4.29. The van der Waals surface area contributed by atoms with Gasteiger partial charge in [0.05, 0.1) is 19.3 Å². The zero-order valence-electron chi connectivity index (χ0n) is 16.3. The molecule has 1 aromatic carbocycles. The minimum atomic E-state index is -1.02. The largest absolute Gasteiger partial charge is 0.383 e. The van der Waals surface area contributed by atoms with Crippen LogP contribution in [0.1, 0.15) is 43.4 Å². The van der Waals surface area contributed by atoms with Gasteiger partial charge in [-0.15, -0.1) is 0 Å². The number of hydrogen-bond donors (Lipinski definition) is 3. The van der Waals surface area contributed by atoms with Crippen molar-refractivity contribution in [3.8, 4) is 0 Å². The van der Waals surface area contributed by atoms with Crippen LogP contribution in [-0.2, 0) is 19.2 Å². The molecule has 1 atom stereocenters. The molecular formula is C20H31N5O. The van der Waals surface area contributed by atoms with Crippen LogP contribution in [0.25, 0.3) is 0 Å². The molecule has 1 aromatic heterocycles. The second-order valence-corrected chi connectivity index (χ2v) is 6.96. The van der Waals surface area contributed by atoms with E-state index in [2.05, 4.69) is 58.8 Å². The predicted octanol–water partition coefficient (Wildman–Crippen LogP) is 2.47. The first-order valence-corrected chi connectivity index (χ1v) is 9.20. The molecule has 0 amide bonds. The molecule has 2 aromatic rings. The number of aliphatic hydroxyl groups is 1. The van der Waals surface area contributed by atoms with E-state index in [4.69, 9.17) is 0 Å². The summed E-state index contributed by atoms with van der Waals surface area (Å²) in [6.07, 6.45) is 5.71. The highest BCUT2D eigenvalue weighted by Gasteiger charge is 2.25. The van der Waals surface area contributed by atoms with Crippen LogP contribution in [0.5, 0.6) is 0 Å². The van der Waals surface area contributed by atoms with Gasteiger partial charge in [-0.05, 0) is 25.8 Å². The highest BCUT2D eigenvalue weighted by molar-refractivity contribution is 5.79. The van der Waals surface area contributed by atoms with Crippen molar-refractivity contribution in [3.63, 3.8) is 0 Å². The van der Waals surface area contributed by atoms with Crippen LogP contribution >= 0.6 is 0 Å². The summed E-state index contributed by atoms with van der Waals surface area (Å²) in [4.78, 5) is 4.66. The number of nitrogens with zero attached hydrogens (tertiary/aromatic N) is 3. The van der Waals surface area contributed by atoms with Crippen molar-refractivity contribution in [3.05, 3.63) is 53.3 Å². The van der Waals surface area contributed by atoms with Crippen molar-refractivity contribution in [2.75, 3.05) is 13.1 Å². The van der Waals surface area contributed by atoms with E-state index in [-0.39, 0.29) is 0 Å². The van der Waals surface area contributed by atoms with E-state index in [0.717, 1.165) is 30.5 Å². The Labute approximate surface area is 156 Å². The number of rotatable bonds is 8. The molecule has 0 aliphatic heterocycles. The molecule has 142 valence electrons. The molecule has 6 heteroatoms. The quantitative estimate of drug-likeness (QED) is 0.385. The van der Waals surface area contributed by atoms with E-state index in [0.29, 0.717) is 19.0 Å². The van der Waals surface area contributed by atoms with Crippen molar-refractivity contribution in [1.29, 1.82) is 0 Å². The fourth-order valence-electron chi connectivity index (χ4n) is 2.48. The van der Waals surface area contributed by atoms with E-state index in [1.165, 1.54) is 5.56 Å². The Morgan fingerprint density at radius 2 is 2.00 bits per heavy atom. The van der Waals surface area contributed by atoms with Crippen LogP contribution < -0.4 is 10.6 Å². The van der Waals surface area contributed by atoms with Gasteiger partial charge in [0, 0.05) is 25.4 Å². The van der Waals surface area contributed by atoms with Gasteiger partial charge in [-0.25, -0.2) is 4.99 Å². The minimum Gasteiger partial charge on any atom is -0.383 e. The lowest BCUT2D eigenvalue weighted by atomic mass is 10.00. The molecule has 0 radical (unpaired) electrons. The van der Waals surface area contributed by atoms with Gasteiger partial charge in [0.15, 0.2) is 5.96 Å². The van der Waals surface area contributed by atoms with Gasteiger partial charge in [-0.2, -0.15) is 5.10 Å². The van der Waals surface area contributed by atoms with Gasteiger partial charge >= 0.3 is 0 Å². The molecular weight excluding hydrogens is 326 g/mol. The number of unbranched alkanes of at least 4 members (excludes halogenated alkanes) is 1. The third kappa shape index (κ3) is 6.19. The van der Waals surface area contributed by atoms with Crippen molar-refractivity contribution in [2.24, 2.45) is 12.0 Å². The molecule has 0 saturated heterocycles. The SMILES string of the molecule is CCCCNC(=NCc1ccc(C)cc1)NCC(C)(O)c1cnn(C)c1. The van der Waals surface area contributed by atoms with Crippen LogP contribution in [-0.4, -0.2) is 33.9 Å². The molecule has 0 bridgehead atoms. The fourth-order valence-corrected chi connectivity index (χ4v) is 2.48. The van der Waals surface area contributed by atoms with E-state index in [1.807, 2.05) is 13.2 Å². The van der Waals surface area contributed by atoms with Crippen molar-refractivity contribution in [2.45, 2.75) is 45.8 Å². The number of benzene rings is 1. The summed E-state index contributed by atoms with van der Waals surface area (Å²) in [6.45, 7) is 7.81. The minimum absolute atomic E-state index is 0.352. The van der Waals surface area contributed by atoms with Crippen LogP contribution in [0, 0.1) is 6.92 Å². The molecule has 0 aliphatic carbocycles. The smallest absolute Gasteiger partial charge is 0.191 e. The zero-order valence-corrected chi connectivity index (χ0v) is 16.3. The Kier molecular flexibility index (Phi) is 7.21. The summed E-state index contributed by atoms with van der Waals surface area (Å²) in [5, 5.41) is 21.5. The standard InChI is InChI=1S/C20H31N5O/c1-5-6-11-21-19(22-12-17-9-7-16(2)8-10-17)23-15-20(3,26)18-13-24-25(4)14-18/h7-10,13-14,26H,5-6,11-12,15H2,1-4H3,(H2,21,22,23).